The molecule has 0 amide bonds. The fourth-order valence-electron chi connectivity index (χ4n) is 2.13. The summed E-state index contributed by atoms with van der Waals surface area (Å²) in [4.78, 5) is 0. The van der Waals surface area contributed by atoms with E-state index in [0.29, 0.717) is 0 Å². The molecule has 1 aromatic carbocycles. The van der Waals surface area contributed by atoms with Gasteiger partial charge in [-0.3, -0.25) is 4.68 Å². The van der Waals surface area contributed by atoms with Crippen molar-refractivity contribution in [3.63, 3.8) is 0 Å². The standard InChI is InChI=1S/C14H17Br2N3/c1-8-6-10(4-5-11(8)15)12(17)7-13-14(16)9(2)18-19(13)3/h4-6,12H,7,17H2,1-3H3. The van der Waals surface area contributed by atoms with Gasteiger partial charge in [0, 0.05) is 24.0 Å². The zero-order valence-corrected chi connectivity index (χ0v) is 14.4. The molecule has 2 N–H and O–H groups in total. The van der Waals surface area contributed by atoms with Crippen LogP contribution >= 0.6 is 31.9 Å². The van der Waals surface area contributed by atoms with E-state index >= 15 is 0 Å². The molecule has 0 saturated carbocycles. The number of hydrogen-bond acceptors (Lipinski definition) is 2. The minimum atomic E-state index is -0.0297. The normalized spacial score (nSPS) is 12.7. The van der Waals surface area contributed by atoms with E-state index in [-0.39, 0.29) is 6.04 Å². The van der Waals surface area contributed by atoms with Crippen molar-refractivity contribution < 1.29 is 0 Å². The fourth-order valence-corrected chi connectivity index (χ4v) is 2.87. The van der Waals surface area contributed by atoms with Gasteiger partial charge < -0.3 is 5.73 Å². The first-order valence-corrected chi connectivity index (χ1v) is 7.68. The third-order valence-corrected chi connectivity index (χ3v) is 5.21. The summed E-state index contributed by atoms with van der Waals surface area (Å²) >= 11 is 7.09. The first-order chi connectivity index (χ1) is 8.90. The SMILES string of the molecule is Cc1cc(C(N)Cc2c(Br)c(C)nn2C)ccc1Br. The molecule has 2 aromatic rings. The summed E-state index contributed by atoms with van der Waals surface area (Å²) < 4.78 is 4.06. The number of nitrogens with zero attached hydrogens (tertiary/aromatic N) is 2. The zero-order chi connectivity index (χ0) is 14.2. The van der Waals surface area contributed by atoms with Gasteiger partial charge in [0.25, 0.3) is 0 Å². The monoisotopic (exact) mass is 385 g/mol. The summed E-state index contributed by atoms with van der Waals surface area (Å²) in [6, 6.07) is 6.22. The van der Waals surface area contributed by atoms with Crippen molar-refractivity contribution in [2.24, 2.45) is 12.8 Å². The molecule has 1 heterocycles. The second-order valence-corrected chi connectivity index (χ2v) is 6.44. The van der Waals surface area contributed by atoms with E-state index in [1.54, 1.807) is 0 Å². The van der Waals surface area contributed by atoms with Crippen molar-refractivity contribution in [1.82, 2.24) is 9.78 Å². The van der Waals surface area contributed by atoms with Crippen LogP contribution in [-0.2, 0) is 13.5 Å². The zero-order valence-electron chi connectivity index (χ0n) is 11.2. The van der Waals surface area contributed by atoms with Gasteiger partial charge in [0.15, 0.2) is 0 Å². The Hall–Kier alpha value is -0.650. The topological polar surface area (TPSA) is 43.8 Å². The highest BCUT2D eigenvalue weighted by atomic mass is 79.9. The van der Waals surface area contributed by atoms with Gasteiger partial charge in [-0.2, -0.15) is 5.10 Å². The molecule has 0 spiro atoms. The number of halogens is 2. The Morgan fingerprint density at radius 1 is 1.32 bits per heavy atom. The summed E-state index contributed by atoms with van der Waals surface area (Å²) in [6.07, 6.45) is 0.763. The Kier molecular flexibility index (Phi) is 4.48. The van der Waals surface area contributed by atoms with Crippen LogP contribution in [-0.4, -0.2) is 9.78 Å². The second kappa shape index (κ2) is 5.77. The molecule has 1 unspecified atom stereocenters. The number of nitrogens with two attached hydrogens (primary N) is 1. The van der Waals surface area contributed by atoms with E-state index in [9.17, 15) is 0 Å². The van der Waals surface area contributed by atoms with Crippen LogP contribution in [0.1, 0.15) is 28.6 Å². The van der Waals surface area contributed by atoms with Crippen LogP contribution in [0, 0.1) is 13.8 Å². The maximum atomic E-state index is 6.32. The molecule has 1 atom stereocenters. The predicted molar refractivity (Wildman–Crippen MR) is 85.2 cm³/mol. The lowest BCUT2D eigenvalue weighted by Gasteiger charge is -2.14. The van der Waals surface area contributed by atoms with Crippen LogP contribution in [0.5, 0.6) is 0 Å². The van der Waals surface area contributed by atoms with Crippen LogP contribution in [0.2, 0.25) is 0 Å². The van der Waals surface area contributed by atoms with E-state index in [0.717, 1.165) is 32.3 Å². The lowest BCUT2D eigenvalue weighted by molar-refractivity contribution is 0.638. The molecule has 0 bridgehead atoms. The molecule has 1 aromatic heterocycles. The maximum Gasteiger partial charge on any atom is 0.0738 e. The van der Waals surface area contributed by atoms with Crippen LogP contribution in [0.25, 0.3) is 0 Å². The lowest BCUT2D eigenvalue weighted by atomic mass is 10.0. The quantitative estimate of drug-likeness (QED) is 0.871. The van der Waals surface area contributed by atoms with E-state index < -0.39 is 0 Å². The summed E-state index contributed by atoms with van der Waals surface area (Å²) in [7, 11) is 1.95. The minimum absolute atomic E-state index is 0.0297. The highest BCUT2D eigenvalue weighted by Crippen LogP contribution is 2.26. The van der Waals surface area contributed by atoms with E-state index in [2.05, 4.69) is 56.0 Å². The molecule has 0 saturated heterocycles. The third kappa shape index (κ3) is 3.09. The molecule has 0 radical (unpaired) electrons. The van der Waals surface area contributed by atoms with Gasteiger partial charge in [-0.1, -0.05) is 28.1 Å². The van der Waals surface area contributed by atoms with Crippen LogP contribution in [0.4, 0.5) is 0 Å². The molecule has 3 nitrogen and oxygen atoms in total. The molecule has 0 fully saturated rings. The second-order valence-electron chi connectivity index (χ2n) is 4.79. The van der Waals surface area contributed by atoms with Crippen molar-refractivity contribution in [3.8, 4) is 0 Å². The van der Waals surface area contributed by atoms with Crippen molar-refractivity contribution in [2.75, 3.05) is 0 Å². The van der Waals surface area contributed by atoms with Gasteiger partial charge in [0.1, 0.15) is 0 Å². The average Bonchev–Trinajstić information content (AvgIpc) is 2.59. The summed E-state index contributed by atoms with van der Waals surface area (Å²) in [5.41, 5.74) is 10.8. The molecule has 19 heavy (non-hydrogen) atoms. The first kappa shape index (κ1) is 14.8. The van der Waals surface area contributed by atoms with Crippen LogP contribution in [0.3, 0.4) is 0 Å². The maximum absolute atomic E-state index is 6.32. The summed E-state index contributed by atoms with van der Waals surface area (Å²) in [5, 5.41) is 4.40. The molecule has 0 aliphatic heterocycles. The van der Waals surface area contributed by atoms with Gasteiger partial charge in [0.2, 0.25) is 0 Å². The molecule has 5 heteroatoms. The predicted octanol–water partition coefficient (Wildman–Crippen LogP) is 3.80. The van der Waals surface area contributed by atoms with Crippen molar-refractivity contribution in [2.45, 2.75) is 26.3 Å². The smallest absolute Gasteiger partial charge is 0.0738 e. The largest absolute Gasteiger partial charge is 0.324 e. The number of hydrogen-bond donors (Lipinski definition) is 1. The molecule has 2 rings (SSSR count). The van der Waals surface area contributed by atoms with Crippen molar-refractivity contribution in [3.05, 3.63) is 49.7 Å². The van der Waals surface area contributed by atoms with E-state index in [1.807, 2.05) is 24.7 Å². The number of aryl methyl sites for hydroxylation is 3. The average molecular weight is 387 g/mol. The first-order valence-electron chi connectivity index (χ1n) is 6.09. The van der Waals surface area contributed by atoms with Crippen molar-refractivity contribution >= 4 is 31.9 Å². The minimum Gasteiger partial charge on any atom is -0.324 e. The number of aromatic nitrogens is 2. The lowest BCUT2D eigenvalue weighted by Crippen LogP contribution is -2.16. The van der Waals surface area contributed by atoms with Crippen LogP contribution in [0.15, 0.2) is 27.1 Å². The molecule has 0 aliphatic rings. The Morgan fingerprint density at radius 2 is 2.00 bits per heavy atom. The molecular weight excluding hydrogens is 370 g/mol. The van der Waals surface area contributed by atoms with Gasteiger partial charge in [-0.15, -0.1) is 0 Å². The Labute approximate surface area is 130 Å². The third-order valence-electron chi connectivity index (χ3n) is 3.29. The Balaban J connectivity index is 2.25. The highest BCUT2D eigenvalue weighted by molar-refractivity contribution is 9.10. The van der Waals surface area contributed by atoms with Gasteiger partial charge in [-0.05, 0) is 47.0 Å². The fraction of sp³-hybridized carbons (Fsp3) is 0.357. The molecule has 0 aliphatic carbocycles. The van der Waals surface area contributed by atoms with Gasteiger partial charge in [0.05, 0.1) is 15.9 Å². The number of benzene rings is 1. The molecule has 102 valence electrons. The summed E-state index contributed by atoms with van der Waals surface area (Å²) in [5.74, 6) is 0. The summed E-state index contributed by atoms with van der Waals surface area (Å²) in [6.45, 7) is 4.06. The van der Waals surface area contributed by atoms with Crippen molar-refractivity contribution in [1.29, 1.82) is 0 Å². The Morgan fingerprint density at radius 3 is 2.53 bits per heavy atom. The highest BCUT2D eigenvalue weighted by Gasteiger charge is 2.15. The Bertz CT molecular complexity index is 605. The van der Waals surface area contributed by atoms with E-state index in [4.69, 9.17) is 5.73 Å². The van der Waals surface area contributed by atoms with Gasteiger partial charge in [-0.25, -0.2) is 0 Å². The number of rotatable bonds is 3. The molecular formula is C14H17Br2N3. The van der Waals surface area contributed by atoms with E-state index in [1.165, 1.54) is 5.56 Å². The van der Waals surface area contributed by atoms with Gasteiger partial charge >= 0.3 is 0 Å². The van der Waals surface area contributed by atoms with Crippen LogP contribution < -0.4 is 5.73 Å².